The number of methoxy groups -OCH3 is 1. The fourth-order valence-electron chi connectivity index (χ4n) is 4.12. The highest BCUT2D eigenvalue weighted by atomic mass is 16.5. The first-order valence-corrected chi connectivity index (χ1v) is 9.96. The number of aromatic nitrogens is 2. The average molecular weight is 377 g/mol. The van der Waals surface area contributed by atoms with Gasteiger partial charge in [0.25, 0.3) is 0 Å². The molecule has 0 bridgehead atoms. The van der Waals surface area contributed by atoms with Crippen LogP contribution in [0, 0.1) is 12.8 Å². The molecule has 2 heterocycles. The number of hydrogen-bond acceptors (Lipinski definition) is 3. The van der Waals surface area contributed by atoms with Crippen LogP contribution in [0.25, 0.3) is 11.0 Å². The molecule has 0 saturated carbocycles. The standard InChI is InChI=1S/C23H27N3O2/c1-17-24-21-8-3-4-9-22(21)26(17)16-18-10-12-25(13-11-18)23(27)15-19-6-5-7-20(14-19)28-2/h3-9,14,18H,10-13,15-16H2,1-2H3. The zero-order valence-electron chi connectivity index (χ0n) is 16.6. The molecule has 5 heteroatoms. The summed E-state index contributed by atoms with van der Waals surface area (Å²) in [6.45, 7) is 4.72. The predicted octanol–water partition coefficient (Wildman–Crippen LogP) is 3.83. The Kier molecular flexibility index (Phi) is 5.33. The van der Waals surface area contributed by atoms with Gasteiger partial charge in [-0.25, -0.2) is 4.98 Å². The Balaban J connectivity index is 1.35. The molecule has 0 atom stereocenters. The molecule has 4 rings (SSSR count). The quantitative estimate of drug-likeness (QED) is 0.679. The van der Waals surface area contributed by atoms with Crippen molar-refractivity contribution in [3.8, 4) is 5.75 Å². The second kappa shape index (κ2) is 8.05. The Hall–Kier alpha value is -2.82. The van der Waals surface area contributed by atoms with Gasteiger partial charge in [-0.05, 0) is 55.5 Å². The number of aryl methyl sites for hydroxylation is 1. The van der Waals surface area contributed by atoms with Crippen molar-refractivity contribution in [3.63, 3.8) is 0 Å². The zero-order valence-corrected chi connectivity index (χ0v) is 16.6. The lowest BCUT2D eigenvalue weighted by Crippen LogP contribution is -2.40. The topological polar surface area (TPSA) is 47.4 Å². The van der Waals surface area contributed by atoms with Crippen molar-refractivity contribution in [2.75, 3.05) is 20.2 Å². The molecule has 0 N–H and O–H groups in total. The highest BCUT2D eigenvalue weighted by Crippen LogP contribution is 2.24. The number of imidazole rings is 1. The van der Waals surface area contributed by atoms with E-state index in [1.165, 1.54) is 5.52 Å². The van der Waals surface area contributed by atoms with Gasteiger partial charge in [-0.15, -0.1) is 0 Å². The van der Waals surface area contributed by atoms with Gasteiger partial charge >= 0.3 is 0 Å². The second-order valence-electron chi connectivity index (χ2n) is 7.61. The van der Waals surface area contributed by atoms with Crippen molar-refractivity contribution in [2.45, 2.75) is 32.7 Å². The molecule has 28 heavy (non-hydrogen) atoms. The van der Waals surface area contributed by atoms with Gasteiger partial charge in [-0.2, -0.15) is 0 Å². The monoisotopic (exact) mass is 377 g/mol. The smallest absolute Gasteiger partial charge is 0.226 e. The summed E-state index contributed by atoms with van der Waals surface area (Å²) in [5, 5.41) is 0. The molecular weight excluding hydrogens is 350 g/mol. The van der Waals surface area contributed by atoms with E-state index in [1.807, 2.05) is 35.2 Å². The van der Waals surface area contributed by atoms with Gasteiger partial charge < -0.3 is 14.2 Å². The fraction of sp³-hybridized carbons (Fsp3) is 0.391. The first-order chi connectivity index (χ1) is 13.6. The van der Waals surface area contributed by atoms with Crippen LogP contribution < -0.4 is 4.74 Å². The summed E-state index contributed by atoms with van der Waals surface area (Å²) >= 11 is 0. The maximum absolute atomic E-state index is 12.7. The van der Waals surface area contributed by atoms with Crippen LogP contribution in [0.15, 0.2) is 48.5 Å². The van der Waals surface area contributed by atoms with E-state index >= 15 is 0 Å². The van der Waals surface area contributed by atoms with Crippen LogP contribution in [0.3, 0.4) is 0 Å². The Morgan fingerprint density at radius 3 is 2.71 bits per heavy atom. The van der Waals surface area contributed by atoms with Gasteiger partial charge in [-0.1, -0.05) is 24.3 Å². The zero-order chi connectivity index (χ0) is 19.5. The average Bonchev–Trinajstić information content (AvgIpc) is 3.04. The van der Waals surface area contributed by atoms with Gasteiger partial charge in [0.05, 0.1) is 24.6 Å². The molecule has 0 spiro atoms. The Bertz CT molecular complexity index is 971. The van der Waals surface area contributed by atoms with Crippen LogP contribution in [0.1, 0.15) is 24.2 Å². The van der Waals surface area contributed by atoms with Crippen LogP contribution in [0.2, 0.25) is 0 Å². The lowest BCUT2D eigenvalue weighted by Gasteiger charge is -2.32. The number of benzene rings is 2. The SMILES string of the molecule is COc1cccc(CC(=O)N2CCC(Cn3c(C)nc4ccccc43)CC2)c1. The molecule has 0 radical (unpaired) electrons. The molecule has 3 aromatic rings. The van der Waals surface area contributed by atoms with Crippen molar-refractivity contribution < 1.29 is 9.53 Å². The van der Waals surface area contributed by atoms with E-state index < -0.39 is 0 Å². The lowest BCUT2D eigenvalue weighted by molar-refractivity contribution is -0.131. The first kappa shape index (κ1) is 18.5. The molecule has 1 fully saturated rings. The van der Waals surface area contributed by atoms with Crippen molar-refractivity contribution >= 4 is 16.9 Å². The number of piperidine rings is 1. The number of carbonyl (C=O) groups is 1. The molecule has 5 nitrogen and oxygen atoms in total. The third kappa shape index (κ3) is 3.88. The van der Waals surface area contributed by atoms with Crippen LogP contribution in [-0.4, -0.2) is 40.6 Å². The minimum Gasteiger partial charge on any atom is -0.497 e. The summed E-state index contributed by atoms with van der Waals surface area (Å²) in [5.74, 6) is 2.65. The molecule has 1 amide bonds. The summed E-state index contributed by atoms with van der Waals surface area (Å²) in [6.07, 6.45) is 2.51. The third-order valence-electron chi connectivity index (χ3n) is 5.74. The summed E-state index contributed by atoms with van der Waals surface area (Å²) < 4.78 is 7.58. The number of carbonyl (C=O) groups excluding carboxylic acids is 1. The highest BCUT2D eigenvalue weighted by Gasteiger charge is 2.24. The maximum atomic E-state index is 12.7. The molecule has 2 aromatic carbocycles. The van der Waals surface area contributed by atoms with Crippen molar-refractivity contribution in [1.29, 1.82) is 0 Å². The van der Waals surface area contributed by atoms with Gasteiger partial charge in [0.15, 0.2) is 0 Å². The number of nitrogens with zero attached hydrogens (tertiary/aromatic N) is 3. The normalized spacial score (nSPS) is 15.1. The van der Waals surface area contributed by atoms with Crippen molar-refractivity contribution in [2.24, 2.45) is 5.92 Å². The van der Waals surface area contributed by atoms with E-state index in [1.54, 1.807) is 7.11 Å². The Morgan fingerprint density at radius 1 is 1.14 bits per heavy atom. The largest absolute Gasteiger partial charge is 0.497 e. The van der Waals surface area contributed by atoms with E-state index in [0.29, 0.717) is 12.3 Å². The Labute approximate surface area is 165 Å². The number of fused-ring (bicyclic) bond motifs is 1. The molecule has 0 aliphatic carbocycles. The minimum atomic E-state index is 0.205. The summed E-state index contributed by atoms with van der Waals surface area (Å²) in [4.78, 5) is 19.4. The predicted molar refractivity (Wildman–Crippen MR) is 110 cm³/mol. The maximum Gasteiger partial charge on any atom is 0.226 e. The highest BCUT2D eigenvalue weighted by molar-refractivity contribution is 5.79. The van der Waals surface area contributed by atoms with E-state index in [0.717, 1.165) is 55.1 Å². The van der Waals surface area contributed by atoms with E-state index in [2.05, 4.69) is 34.7 Å². The van der Waals surface area contributed by atoms with Gasteiger partial charge in [0.2, 0.25) is 5.91 Å². The lowest BCUT2D eigenvalue weighted by atomic mass is 9.96. The van der Waals surface area contributed by atoms with Crippen LogP contribution in [-0.2, 0) is 17.8 Å². The van der Waals surface area contributed by atoms with Crippen molar-refractivity contribution in [3.05, 3.63) is 59.9 Å². The summed E-state index contributed by atoms with van der Waals surface area (Å²) in [7, 11) is 1.65. The molecule has 1 aromatic heterocycles. The van der Waals surface area contributed by atoms with Crippen molar-refractivity contribution in [1.82, 2.24) is 14.5 Å². The van der Waals surface area contributed by atoms with Gasteiger partial charge in [-0.3, -0.25) is 4.79 Å². The number of hydrogen-bond donors (Lipinski definition) is 0. The molecule has 1 aliphatic rings. The number of ether oxygens (including phenoxy) is 1. The third-order valence-corrected chi connectivity index (χ3v) is 5.74. The molecular formula is C23H27N3O2. The van der Waals surface area contributed by atoms with Crippen LogP contribution in [0.4, 0.5) is 0 Å². The first-order valence-electron chi connectivity index (χ1n) is 9.96. The van der Waals surface area contributed by atoms with Crippen LogP contribution >= 0.6 is 0 Å². The number of likely N-dealkylation sites (tertiary alicyclic amines) is 1. The van der Waals surface area contributed by atoms with Gasteiger partial charge in [0, 0.05) is 19.6 Å². The van der Waals surface area contributed by atoms with E-state index in [9.17, 15) is 4.79 Å². The molecule has 1 aliphatic heterocycles. The van der Waals surface area contributed by atoms with E-state index in [4.69, 9.17) is 4.74 Å². The molecule has 1 saturated heterocycles. The molecule has 146 valence electrons. The van der Waals surface area contributed by atoms with E-state index in [-0.39, 0.29) is 5.91 Å². The Morgan fingerprint density at radius 2 is 1.93 bits per heavy atom. The summed E-state index contributed by atoms with van der Waals surface area (Å²) in [6, 6.07) is 16.1. The van der Waals surface area contributed by atoms with Gasteiger partial charge in [0.1, 0.15) is 11.6 Å². The fourth-order valence-corrected chi connectivity index (χ4v) is 4.12. The number of rotatable bonds is 5. The number of para-hydroxylation sites is 2. The van der Waals surface area contributed by atoms with Crippen LogP contribution in [0.5, 0.6) is 5.75 Å². The minimum absolute atomic E-state index is 0.205. The molecule has 0 unspecified atom stereocenters. The second-order valence-corrected chi connectivity index (χ2v) is 7.61. The number of amides is 1. The summed E-state index contributed by atoms with van der Waals surface area (Å²) in [5.41, 5.74) is 3.27.